The molecule has 16 heteroatoms. The van der Waals surface area contributed by atoms with Crippen LogP contribution in [0.1, 0.15) is 92.2 Å². The molecule has 0 spiro atoms. The number of carbonyl (C=O) groups excluding carboxylic acids is 4. The maximum Gasteiger partial charge on any atom is 0.315 e. The summed E-state index contributed by atoms with van der Waals surface area (Å²) >= 11 is 0. The molecule has 6 rings (SSSR count). The van der Waals surface area contributed by atoms with Gasteiger partial charge in [-0.3, -0.25) is 19.1 Å². The zero-order valence-electron chi connectivity index (χ0n) is 31.9. The summed E-state index contributed by atoms with van der Waals surface area (Å²) in [6.45, 7) is 11.7. The van der Waals surface area contributed by atoms with E-state index in [0.29, 0.717) is 48.9 Å². The highest BCUT2D eigenvalue weighted by molar-refractivity contribution is 7.91. The van der Waals surface area contributed by atoms with Crippen molar-refractivity contribution in [3.8, 4) is 11.8 Å². The van der Waals surface area contributed by atoms with Crippen LogP contribution in [0, 0.1) is 17.8 Å². The second-order valence-corrected chi connectivity index (χ2v) is 18.3. The van der Waals surface area contributed by atoms with Crippen molar-refractivity contribution < 1.29 is 42.8 Å². The van der Waals surface area contributed by atoms with E-state index in [9.17, 15) is 27.6 Å². The van der Waals surface area contributed by atoms with E-state index in [1.165, 1.54) is 4.90 Å². The van der Waals surface area contributed by atoms with E-state index < -0.39 is 74.2 Å². The predicted octanol–water partition coefficient (Wildman–Crippen LogP) is 4.32. The van der Waals surface area contributed by atoms with Crippen LogP contribution in [-0.4, -0.2) is 94.9 Å². The molecule has 15 nitrogen and oxygen atoms in total. The maximum atomic E-state index is 14.8. The third-order valence-electron chi connectivity index (χ3n) is 10.6. The lowest BCUT2D eigenvalue weighted by Crippen LogP contribution is -2.60. The minimum absolute atomic E-state index is 0. The highest BCUT2D eigenvalue weighted by Crippen LogP contribution is 2.46. The number of carbonyl (C=O) groups is 4. The molecule has 0 bridgehead atoms. The van der Waals surface area contributed by atoms with Crippen molar-refractivity contribution in [2.75, 3.05) is 13.2 Å². The smallest absolute Gasteiger partial charge is 0.315 e. The van der Waals surface area contributed by atoms with Crippen LogP contribution in [0.2, 0.25) is 0 Å². The summed E-state index contributed by atoms with van der Waals surface area (Å²) in [5.74, 6) is -1.91. The average molecular weight is 776 g/mol. The van der Waals surface area contributed by atoms with Gasteiger partial charge in [0.25, 0.3) is 5.91 Å². The van der Waals surface area contributed by atoms with E-state index in [0.717, 1.165) is 6.42 Å². The molecule has 1 aromatic carbocycles. The summed E-state index contributed by atoms with van der Waals surface area (Å²) in [4.78, 5) is 57.7. The van der Waals surface area contributed by atoms with Gasteiger partial charge in [0.15, 0.2) is 0 Å². The van der Waals surface area contributed by atoms with Gasteiger partial charge in [0.05, 0.1) is 29.2 Å². The first-order valence-corrected chi connectivity index (χ1v) is 20.5. The third kappa shape index (κ3) is 8.74. The number of fused-ring (bicyclic) bond motifs is 3. The lowest BCUT2D eigenvalue weighted by Gasteiger charge is -2.33. The van der Waals surface area contributed by atoms with E-state index in [4.69, 9.17) is 9.47 Å². The molecule has 3 fully saturated rings. The molecule has 2 aromatic rings. The fourth-order valence-electron chi connectivity index (χ4n) is 7.56. The topological polar surface area (TPSA) is 198 Å². The molecule has 0 unspecified atom stereocenters. The first-order valence-electron chi connectivity index (χ1n) is 19.0. The molecular formula is C38H61N7O8S. The van der Waals surface area contributed by atoms with Gasteiger partial charge in [0, 0.05) is 23.6 Å². The Morgan fingerprint density at radius 1 is 1.06 bits per heavy atom. The van der Waals surface area contributed by atoms with Gasteiger partial charge in [-0.25, -0.2) is 13.2 Å². The van der Waals surface area contributed by atoms with Crippen molar-refractivity contribution in [2.24, 2.45) is 17.8 Å². The summed E-state index contributed by atoms with van der Waals surface area (Å²) in [6.07, 6.45) is 6.38. The molecule has 7 atom stereocenters. The fourth-order valence-corrected chi connectivity index (χ4v) is 8.92. The largest absolute Gasteiger partial charge is 0.476 e. The number of urea groups is 1. The predicted molar refractivity (Wildman–Crippen MR) is 209 cm³/mol. The first-order chi connectivity index (χ1) is 25.5. The van der Waals surface area contributed by atoms with Gasteiger partial charge in [-0.05, 0) is 90.2 Å². The van der Waals surface area contributed by atoms with Crippen molar-refractivity contribution in [1.29, 1.82) is 0 Å². The Hall–Kier alpha value is -4.47. The molecule has 2 aliphatic carbocycles. The molecule has 1 aromatic heterocycles. The molecule has 5 amide bonds. The van der Waals surface area contributed by atoms with Gasteiger partial charge in [-0.2, -0.15) is 0 Å². The Kier molecular flexibility index (Phi) is 11.1. The summed E-state index contributed by atoms with van der Waals surface area (Å²) in [5, 5.41) is 17.9. The van der Waals surface area contributed by atoms with Crippen molar-refractivity contribution >= 4 is 44.5 Å². The Balaban J connectivity index is 0.00000290. The van der Waals surface area contributed by atoms with Gasteiger partial charge in [-0.1, -0.05) is 38.1 Å². The number of hydrogen-bond acceptors (Lipinski definition) is 10. The van der Waals surface area contributed by atoms with Crippen molar-refractivity contribution in [1.82, 2.24) is 35.8 Å². The number of nitrogens with zero attached hydrogens (tertiary/aromatic N) is 3. The minimum Gasteiger partial charge on any atom is -0.476 e. The van der Waals surface area contributed by atoms with Crippen LogP contribution in [0.15, 0.2) is 36.4 Å². The van der Waals surface area contributed by atoms with Gasteiger partial charge >= 0.3 is 6.03 Å². The number of hydrogen-bond donors (Lipinski definition) is 4. The Bertz CT molecular complexity index is 1930. The van der Waals surface area contributed by atoms with Gasteiger partial charge in [0.1, 0.15) is 23.7 Å². The molecule has 3 heterocycles. The highest BCUT2D eigenvalue weighted by Gasteiger charge is 2.62. The van der Waals surface area contributed by atoms with Gasteiger partial charge in [-0.15, -0.1) is 10.2 Å². The van der Waals surface area contributed by atoms with Crippen molar-refractivity contribution in [2.45, 2.75) is 121 Å². The lowest BCUT2D eigenvalue weighted by atomic mass is 9.88. The second-order valence-electron chi connectivity index (χ2n) is 16.4. The molecule has 54 heavy (non-hydrogen) atoms. The van der Waals surface area contributed by atoms with Crippen molar-refractivity contribution in [3.05, 3.63) is 36.4 Å². The number of allylic oxidation sites excluding steroid dienone is 1. The van der Waals surface area contributed by atoms with E-state index in [1.807, 2.05) is 71.0 Å². The number of aromatic nitrogens is 2. The molecule has 2 aliphatic heterocycles. The van der Waals surface area contributed by atoms with Crippen LogP contribution < -0.4 is 30.1 Å². The van der Waals surface area contributed by atoms with Crippen LogP contribution in [0.25, 0.3) is 10.8 Å². The SMILES string of the molecule is CCOc1nnc(O[C@@H]2C[C@H]3C(=O)N[C@]4(C(=O)NS(=O)(=O)C5CC5)C[C@H]4/C=C\CC[C@H](C)C[C@@H](C)[C@H](NC(=O)NC(C)(C)C)C(=O)N3C2)c2ccccc12.[HH].[HH].[HH].[HH]. The quantitative estimate of drug-likeness (QED) is 0.280. The Labute approximate surface area is 322 Å². The standard InChI is InChI=1S/C38H53N7O8S.4H2/c1-7-52-32-27-14-10-11-15-28(27)33(43-42-32)53-25-19-29-31(46)40-38(35(48)44-54(50,51)26-16-17-26)20-24(38)13-9-8-12-22(2)18-23(3)30(34(47)45(29)21-25)39-36(49)41-37(4,5)6;;;;/h9-11,13-15,22-26,29-30H,7-8,12,16-21H2,1-6H3,(H,40,46)(H,44,48)(H2,39,41,49);4*1H/b13-9-;;;;/t22-,23+,24+,25+,29-,30-,38+;;;;/m0..../s1. The van der Waals surface area contributed by atoms with Crippen LogP contribution >= 0.6 is 0 Å². The molecule has 0 radical (unpaired) electrons. The molecular weight excluding hydrogens is 715 g/mol. The lowest BCUT2D eigenvalue weighted by molar-refractivity contribution is -0.142. The fraction of sp³-hybridized carbons (Fsp3) is 0.632. The van der Waals surface area contributed by atoms with E-state index in [-0.39, 0.29) is 42.8 Å². The number of amides is 5. The van der Waals surface area contributed by atoms with Gasteiger partial charge < -0.3 is 30.3 Å². The second kappa shape index (κ2) is 15.3. The van der Waals surface area contributed by atoms with Crippen LogP contribution in [0.4, 0.5) is 4.79 Å². The van der Waals surface area contributed by atoms with Crippen LogP contribution in [0.3, 0.4) is 0 Å². The number of nitrogens with one attached hydrogen (secondary N) is 4. The first kappa shape index (κ1) is 39.2. The minimum atomic E-state index is -3.90. The zero-order chi connectivity index (χ0) is 39.0. The van der Waals surface area contributed by atoms with E-state index in [2.05, 4.69) is 37.8 Å². The molecule has 4 N–H and O–H groups in total. The third-order valence-corrected chi connectivity index (χ3v) is 12.4. The summed E-state index contributed by atoms with van der Waals surface area (Å²) in [7, 11) is -3.90. The average Bonchev–Trinajstić information content (AvgIpc) is 4.02. The van der Waals surface area contributed by atoms with Crippen LogP contribution in [-0.2, 0) is 24.4 Å². The normalized spacial score (nSPS) is 29.8. The highest BCUT2D eigenvalue weighted by atomic mass is 32.2. The number of ether oxygens (including phenoxy) is 2. The molecule has 302 valence electrons. The van der Waals surface area contributed by atoms with Crippen molar-refractivity contribution in [3.63, 3.8) is 0 Å². The van der Waals surface area contributed by atoms with E-state index in [1.54, 1.807) is 0 Å². The Morgan fingerprint density at radius 2 is 1.74 bits per heavy atom. The summed E-state index contributed by atoms with van der Waals surface area (Å²) < 4.78 is 40.1. The number of benzene rings is 1. The summed E-state index contributed by atoms with van der Waals surface area (Å²) in [5.41, 5.74) is -2.08. The van der Waals surface area contributed by atoms with E-state index >= 15 is 0 Å². The maximum absolute atomic E-state index is 14.8. The van der Waals surface area contributed by atoms with Crippen LogP contribution in [0.5, 0.6) is 11.8 Å². The molecule has 4 aliphatic rings. The summed E-state index contributed by atoms with van der Waals surface area (Å²) in [6, 6.07) is 4.71. The monoisotopic (exact) mass is 775 g/mol. The molecule has 1 saturated heterocycles. The molecule has 2 saturated carbocycles. The Morgan fingerprint density at radius 3 is 2.41 bits per heavy atom. The van der Waals surface area contributed by atoms with Gasteiger partial charge in [0.2, 0.25) is 33.6 Å². The number of sulfonamides is 1. The number of rotatable bonds is 8. The zero-order valence-corrected chi connectivity index (χ0v) is 32.7.